The van der Waals surface area contributed by atoms with Gasteiger partial charge in [-0.3, -0.25) is 14.3 Å². The van der Waals surface area contributed by atoms with Gasteiger partial charge in [-0.05, 0) is 39.2 Å². The minimum Gasteiger partial charge on any atom is -0.444 e. The lowest BCUT2D eigenvalue weighted by Crippen LogP contribution is -2.35. The van der Waals surface area contributed by atoms with Crippen molar-refractivity contribution in [2.45, 2.75) is 37.1 Å². The number of non-ortho nitro benzene ring substituents is 1. The summed E-state index contributed by atoms with van der Waals surface area (Å²) in [7, 11) is -1.31. The zero-order valence-electron chi connectivity index (χ0n) is 15.3. The predicted molar refractivity (Wildman–Crippen MR) is 103 cm³/mol. The number of hydrogen-bond acceptors (Lipinski definition) is 7. The average molecular weight is 412 g/mol. The van der Waals surface area contributed by atoms with E-state index in [2.05, 4.69) is 4.98 Å². The zero-order valence-corrected chi connectivity index (χ0v) is 17.0. The maximum absolute atomic E-state index is 12.7. The Labute approximate surface area is 163 Å². The molecule has 1 aromatic carbocycles. The van der Waals surface area contributed by atoms with Crippen molar-refractivity contribution in [1.82, 2.24) is 9.88 Å². The Balaban J connectivity index is 1.63. The highest BCUT2D eigenvalue weighted by Gasteiger charge is 2.31. The van der Waals surface area contributed by atoms with Crippen LogP contribution in [-0.4, -0.2) is 49.6 Å². The number of carbonyl (C=O) groups is 1. The number of fused-ring (bicyclic) bond motifs is 1. The maximum atomic E-state index is 12.7. The molecule has 1 fully saturated rings. The van der Waals surface area contributed by atoms with Gasteiger partial charge in [-0.1, -0.05) is 0 Å². The fourth-order valence-electron chi connectivity index (χ4n) is 2.85. The second-order valence-electron chi connectivity index (χ2n) is 7.48. The summed E-state index contributed by atoms with van der Waals surface area (Å²) in [5.41, 5.74) is -0.0880. The van der Waals surface area contributed by atoms with Gasteiger partial charge >= 0.3 is 6.09 Å². The van der Waals surface area contributed by atoms with Gasteiger partial charge in [-0.25, -0.2) is 9.78 Å². The molecule has 2 atom stereocenters. The molecule has 0 aliphatic carbocycles. The minimum absolute atomic E-state index is 0.0334. The number of ether oxygens (including phenoxy) is 1. The van der Waals surface area contributed by atoms with Crippen LogP contribution in [-0.2, 0) is 15.5 Å². The summed E-state index contributed by atoms with van der Waals surface area (Å²) in [6.07, 6.45) is 0.421. The molecule has 2 heterocycles. The van der Waals surface area contributed by atoms with Crippen LogP contribution >= 0.6 is 11.3 Å². The maximum Gasteiger partial charge on any atom is 0.410 e. The first kappa shape index (κ1) is 19.7. The molecule has 1 aliphatic rings. The standard InChI is InChI=1S/C17H21N3O5S2/c1-17(2,3)25-16(21)19-7-6-11(9-19)10-27(24)15-18-13-8-12(20(22)23)4-5-14(13)26-15/h4-5,8,11H,6-7,9-10H2,1-3H3. The molecule has 146 valence electrons. The Morgan fingerprint density at radius 1 is 1.48 bits per heavy atom. The van der Waals surface area contributed by atoms with Crippen LogP contribution in [0.25, 0.3) is 10.2 Å². The van der Waals surface area contributed by atoms with Crippen molar-refractivity contribution in [3.63, 3.8) is 0 Å². The minimum atomic E-state index is -1.31. The molecule has 10 heteroatoms. The Bertz CT molecular complexity index is 906. The molecule has 2 aromatic rings. The van der Waals surface area contributed by atoms with Crippen LogP contribution in [0.4, 0.5) is 10.5 Å². The Kier molecular flexibility index (Phi) is 5.48. The summed E-state index contributed by atoms with van der Waals surface area (Å²) < 4.78 is 19.3. The summed E-state index contributed by atoms with van der Waals surface area (Å²) in [4.78, 5) is 28.5. The van der Waals surface area contributed by atoms with E-state index in [-0.39, 0.29) is 17.7 Å². The van der Waals surface area contributed by atoms with Crippen molar-refractivity contribution in [2.75, 3.05) is 18.8 Å². The molecule has 1 aliphatic heterocycles. The van der Waals surface area contributed by atoms with Crippen molar-refractivity contribution in [3.8, 4) is 0 Å². The van der Waals surface area contributed by atoms with E-state index >= 15 is 0 Å². The Hall–Kier alpha value is -2.07. The van der Waals surface area contributed by atoms with Gasteiger partial charge < -0.3 is 9.64 Å². The number of rotatable bonds is 4. The summed E-state index contributed by atoms with van der Waals surface area (Å²) >= 11 is 1.29. The summed E-state index contributed by atoms with van der Waals surface area (Å²) in [5, 5.41) is 10.9. The van der Waals surface area contributed by atoms with Crippen molar-refractivity contribution in [2.24, 2.45) is 5.92 Å². The SMILES string of the molecule is CC(C)(C)OC(=O)N1CCC(CS(=O)c2nc3cc([N+](=O)[O-])ccc3s2)C1. The number of nitro benzene ring substituents is 1. The number of nitro groups is 1. The predicted octanol–water partition coefficient (Wildman–Crippen LogP) is 3.57. The molecule has 3 rings (SSSR count). The fraction of sp³-hybridized carbons (Fsp3) is 0.529. The van der Waals surface area contributed by atoms with Crippen LogP contribution in [0.15, 0.2) is 22.5 Å². The van der Waals surface area contributed by atoms with Crippen molar-refractivity contribution >= 4 is 44.1 Å². The lowest BCUT2D eigenvalue weighted by molar-refractivity contribution is -0.384. The van der Waals surface area contributed by atoms with E-state index in [9.17, 15) is 19.1 Å². The molecular formula is C17H21N3O5S2. The third-order valence-electron chi connectivity index (χ3n) is 4.08. The summed E-state index contributed by atoms with van der Waals surface area (Å²) in [6, 6.07) is 4.45. The zero-order chi connectivity index (χ0) is 19.8. The van der Waals surface area contributed by atoms with Crippen LogP contribution < -0.4 is 0 Å². The Morgan fingerprint density at radius 3 is 2.89 bits per heavy atom. The number of hydrogen-bond donors (Lipinski definition) is 0. The largest absolute Gasteiger partial charge is 0.444 e. The molecule has 0 bridgehead atoms. The summed E-state index contributed by atoms with van der Waals surface area (Å²) in [6.45, 7) is 6.57. The molecule has 2 unspecified atom stereocenters. The number of amides is 1. The number of carbonyl (C=O) groups excluding carboxylic acids is 1. The molecule has 0 saturated carbocycles. The number of thiazole rings is 1. The van der Waals surface area contributed by atoms with Crippen molar-refractivity contribution < 1.29 is 18.7 Å². The third-order valence-corrected chi connectivity index (χ3v) is 6.98. The van der Waals surface area contributed by atoms with E-state index in [0.29, 0.717) is 28.7 Å². The molecule has 1 aromatic heterocycles. The van der Waals surface area contributed by atoms with E-state index < -0.39 is 21.3 Å². The first-order valence-electron chi connectivity index (χ1n) is 8.53. The number of aromatic nitrogens is 1. The highest BCUT2D eigenvalue weighted by atomic mass is 32.2. The van der Waals surface area contributed by atoms with E-state index in [1.807, 2.05) is 20.8 Å². The molecule has 0 radical (unpaired) electrons. The highest BCUT2D eigenvalue weighted by molar-refractivity contribution is 7.87. The van der Waals surface area contributed by atoms with Crippen LogP contribution in [0.1, 0.15) is 27.2 Å². The van der Waals surface area contributed by atoms with E-state index in [1.54, 1.807) is 11.0 Å². The van der Waals surface area contributed by atoms with E-state index in [4.69, 9.17) is 4.74 Å². The molecule has 27 heavy (non-hydrogen) atoms. The topological polar surface area (TPSA) is 103 Å². The second-order valence-corrected chi connectivity index (χ2v) is 10.2. The van der Waals surface area contributed by atoms with Gasteiger partial charge in [0.15, 0.2) is 4.34 Å². The normalized spacial score (nSPS) is 18.6. The fourth-order valence-corrected chi connectivity index (χ4v) is 5.42. The lowest BCUT2D eigenvalue weighted by Gasteiger charge is -2.24. The van der Waals surface area contributed by atoms with Crippen LogP contribution in [0.5, 0.6) is 0 Å². The van der Waals surface area contributed by atoms with Gasteiger partial charge in [-0.2, -0.15) is 0 Å². The molecule has 1 amide bonds. The third kappa shape index (κ3) is 4.81. The van der Waals surface area contributed by atoms with Crippen molar-refractivity contribution in [1.29, 1.82) is 0 Å². The highest BCUT2D eigenvalue weighted by Crippen LogP contribution is 2.29. The van der Waals surface area contributed by atoms with Crippen molar-refractivity contribution in [3.05, 3.63) is 28.3 Å². The first-order chi connectivity index (χ1) is 12.6. The van der Waals surface area contributed by atoms with Crippen LogP contribution in [0, 0.1) is 16.0 Å². The van der Waals surface area contributed by atoms with Gasteiger partial charge in [0.1, 0.15) is 5.60 Å². The van der Waals surface area contributed by atoms with Gasteiger partial charge in [0.2, 0.25) is 0 Å². The summed E-state index contributed by atoms with van der Waals surface area (Å²) in [5.74, 6) is 0.515. The quantitative estimate of drug-likeness (QED) is 0.563. The molecule has 0 spiro atoms. The Morgan fingerprint density at radius 2 is 2.22 bits per heavy atom. The first-order valence-corrected chi connectivity index (χ1v) is 10.7. The van der Waals surface area contributed by atoms with Crippen LogP contribution in [0.3, 0.4) is 0 Å². The molecule has 1 saturated heterocycles. The monoisotopic (exact) mass is 411 g/mol. The van der Waals surface area contributed by atoms with E-state index in [1.165, 1.54) is 23.5 Å². The number of likely N-dealkylation sites (tertiary alicyclic amines) is 1. The van der Waals surface area contributed by atoms with Crippen LogP contribution in [0.2, 0.25) is 0 Å². The van der Waals surface area contributed by atoms with Gasteiger partial charge in [0.05, 0.1) is 25.9 Å². The van der Waals surface area contributed by atoms with Gasteiger partial charge in [0.25, 0.3) is 5.69 Å². The lowest BCUT2D eigenvalue weighted by atomic mass is 10.2. The van der Waals surface area contributed by atoms with E-state index in [0.717, 1.165) is 11.1 Å². The van der Waals surface area contributed by atoms with Gasteiger partial charge in [0, 0.05) is 31.0 Å². The molecule has 0 N–H and O–H groups in total. The molecular weight excluding hydrogens is 390 g/mol. The average Bonchev–Trinajstić information content (AvgIpc) is 3.18. The second kappa shape index (κ2) is 7.51. The number of benzene rings is 1. The number of nitrogens with zero attached hydrogens (tertiary/aromatic N) is 3. The smallest absolute Gasteiger partial charge is 0.410 e. The molecule has 8 nitrogen and oxygen atoms in total. The van der Waals surface area contributed by atoms with Gasteiger partial charge in [-0.15, -0.1) is 11.3 Å².